The Morgan fingerprint density at radius 1 is 1.26 bits per heavy atom. The molecule has 3 rings (SSSR count). The summed E-state index contributed by atoms with van der Waals surface area (Å²) in [6.07, 6.45) is -3.26. The molecule has 0 saturated heterocycles. The Kier molecular flexibility index (Phi) is 2.19. The van der Waals surface area contributed by atoms with E-state index in [1.54, 1.807) is 6.92 Å². The Bertz CT molecular complexity index is 790. The van der Waals surface area contributed by atoms with Crippen molar-refractivity contribution >= 4 is 27.9 Å². The molecule has 5 nitrogen and oxygen atoms in total. The molecule has 0 saturated carbocycles. The van der Waals surface area contributed by atoms with Crippen molar-refractivity contribution in [3.63, 3.8) is 0 Å². The number of halogens is 3. The van der Waals surface area contributed by atoms with Crippen molar-refractivity contribution in [1.82, 2.24) is 19.9 Å². The van der Waals surface area contributed by atoms with Gasteiger partial charge in [0.2, 0.25) is 0 Å². The zero-order chi connectivity index (χ0) is 13.8. The molecule has 0 fully saturated rings. The van der Waals surface area contributed by atoms with E-state index in [2.05, 4.69) is 19.9 Å². The molecule has 0 aromatic carbocycles. The first kappa shape index (κ1) is 11.7. The number of nitrogens with one attached hydrogen (secondary N) is 1. The summed E-state index contributed by atoms with van der Waals surface area (Å²) in [5.74, 6) is 0.0995. The van der Waals surface area contributed by atoms with E-state index in [0.29, 0.717) is 22.1 Å². The molecule has 0 aliphatic carbocycles. The molecule has 3 aromatic heterocycles. The minimum Gasteiger partial charge on any atom is -0.383 e. The lowest BCUT2D eigenvalue weighted by molar-refractivity contribution is -0.141. The molecule has 0 radical (unpaired) electrons. The largest absolute Gasteiger partial charge is 0.433 e. The molecule has 98 valence electrons. The van der Waals surface area contributed by atoms with E-state index in [0.717, 1.165) is 6.07 Å². The molecule has 0 spiro atoms. The third-order valence-corrected chi connectivity index (χ3v) is 2.86. The molecule has 19 heavy (non-hydrogen) atoms. The minimum atomic E-state index is -4.51. The number of aromatic nitrogens is 4. The topological polar surface area (TPSA) is 80.5 Å². The predicted octanol–water partition coefficient (Wildman–Crippen LogP) is 2.42. The molecule has 0 atom stereocenters. The van der Waals surface area contributed by atoms with Gasteiger partial charge in [-0.25, -0.2) is 15.0 Å². The van der Waals surface area contributed by atoms with Gasteiger partial charge in [0, 0.05) is 0 Å². The Hall–Kier alpha value is -2.38. The van der Waals surface area contributed by atoms with Crippen molar-refractivity contribution in [3.05, 3.63) is 23.7 Å². The normalized spacial score (nSPS) is 12.4. The number of nitrogens with zero attached hydrogens (tertiary/aromatic N) is 3. The maximum Gasteiger partial charge on any atom is 0.433 e. The van der Waals surface area contributed by atoms with Gasteiger partial charge >= 0.3 is 6.18 Å². The highest BCUT2D eigenvalue weighted by Gasteiger charge is 2.33. The highest BCUT2D eigenvalue weighted by atomic mass is 19.4. The third kappa shape index (κ3) is 1.67. The molecule has 3 aromatic rings. The number of rotatable bonds is 0. The molecule has 8 heteroatoms. The number of aromatic amines is 1. The van der Waals surface area contributed by atoms with Crippen LogP contribution >= 0.6 is 0 Å². The lowest BCUT2D eigenvalue weighted by atomic mass is 10.2. The maximum atomic E-state index is 12.8. The van der Waals surface area contributed by atoms with Gasteiger partial charge in [0.05, 0.1) is 10.9 Å². The Balaban J connectivity index is 2.49. The van der Waals surface area contributed by atoms with E-state index in [-0.39, 0.29) is 11.3 Å². The number of H-pyrrole nitrogens is 1. The summed E-state index contributed by atoms with van der Waals surface area (Å²) in [4.78, 5) is 14.3. The third-order valence-electron chi connectivity index (χ3n) is 2.86. The van der Waals surface area contributed by atoms with Crippen molar-refractivity contribution < 1.29 is 13.2 Å². The number of alkyl halides is 3. The average Bonchev–Trinajstić information content (AvgIpc) is 2.68. The van der Waals surface area contributed by atoms with Gasteiger partial charge in [-0.2, -0.15) is 13.2 Å². The zero-order valence-corrected chi connectivity index (χ0v) is 9.71. The van der Waals surface area contributed by atoms with Crippen LogP contribution in [0.5, 0.6) is 0 Å². The molecule has 0 aliphatic heterocycles. The van der Waals surface area contributed by atoms with E-state index < -0.39 is 11.9 Å². The van der Waals surface area contributed by atoms with Gasteiger partial charge < -0.3 is 10.7 Å². The second-order valence-corrected chi connectivity index (χ2v) is 4.15. The van der Waals surface area contributed by atoms with Gasteiger partial charge in [-0.3, -0.25) is 0 Å². The number of hydrogen-bond acceptors (Lipinski definition) is 4. The molecule has 0 aliphatic rings. The van der Waals surface area contributed by atoms with E-state index in [9.17, 15) is 13.2 Å². The van der Waals surface area contributed by atoms with Crippen molar-refractivity contribution in [3.8, 4) is 0 Å². The van der Waals surface area contributed by atoms with Crippen LogP contribution in [0.2, 0.25) is 0 Å². The highest BCUT2D eigenvalue weighted by Crippen LogP contribution is 2.33. The van der Waals surface area contributed by atoms with Crippen LogP contribution in [0.3, 0.4) is 0 Å². The second-order valence-electron chi connectivity index (χ2n) is 4.15. The number of aryl methyl sites for hydroxylation is 1. The van der Waals surface area contributed by atoms with Crippen LogP contribution in [0.25, 0.3) is 22.1 Å². The van der Waals surface area contributed by atoms with Gasteiger partial charge in [0.25, 0.3) is 0 Å². The summed E-state index contributed by atoms with van der Waals surface area (Å²) in [5, 5.41) is 0.312. The smallest absolute Gasteiger partial charge is 0.383 e. The number of hydrogen-bond donors (Lipinski definition) is 2. The number of nitrogens with two attached hydrogens (primary N) is 1. The first-order valence-corrected chi connectivity index (χ1v) is 5.34. The Morgan fingerprint density at radius 3 is 2.68 bits per heavy atom. The van der Waals surface area contributed by atoms with Gasteiger partial charge in [-0.15, -0.1) is 0 Å². The fraction of sp³-hybridized carbons (Fsp3) is 0.182. The average molecular weight is 267 g/mol. The fourth-order valence-electron chi connectivity index (χ4n) is 2.00. The SMILES string of the molecule is Cc1cc(C(F)(F)F)nc2c1[nH]c1ncnc(N)c12. The lowest BCUT2D eigenvalue weighted by Gasteiger charge is -2.07. The number of fused-ring (bicyclic) bond motifs is 3. The second kappa shape index (κ2) is 3.56. The first-order valence-electron chi connectivity index (χ1n) is 5.34. The van der Waals surface area contributed by atoms with Crippen molar-refractivity contribution in [2.75, 3.05) is 5.73 Å². The molecular weight excluding hydrogens is 259 g/mol. The number of nitrogen functional groups attached to an aromatic ring is 1. The van der Waals surface area contributed by atoms with Crippen LogP contribution in [0, 0.1) is 6.92 Å². The molecule has 0 amide bonds. The standard InChI is InChI=1S/C11H8F3N5/c1-4-2-5(11(12,13)14)18-8-6-9(15)16-3-17-10(6)19-7(4)8/h2-3H,1H3,(H3,15,16,17,19). The van der Waals surface area contributed by atoms with Gasteiger partial charge in [0.15, 0.2) is 0 Å². The van der Waals surface area contributed by atoms with Crippen LogP contribution < -0.4 is 5.73 Å². The molecule has 0 unspecified atom stereocenters. The number of pyridine rings is 1. The lowest BCUT2D eigenvalue weighted by Crippen LogP contribution is -2.08. The predicted molar refractivity (Wildman–Crippen MR) is 63.3 cm³/mol. The number of anilines is 1. The first-order chi connectivity index (χ1) is 8.88. The Labute approximate surface area is 104 Å². The zero-order valence-electron chi connectivity index (χ0n) is 9.71. The monoisotopic (exact) mass is 267 g/mol. The van der Waals surface area contributed by atoms with E-state index in [4.69, 9.17) is 5.73 Å². The summed E-state index contributed by atoms with van der Waals surface area (Å²) in [6.45, 7) is 1.57. The van der Waals surface area contributed by atoms with Gasteiger partial charge in [-0.05, 0) is 18.6 Å². The molecular formula is C11H8F3N5. The summed E-state index contributed by atoms with van der Waals surface area (Å²) < 4.78 is 38.3. The maximum absolute atomic E-state index is 12.8. The van der Waals surface area contributed by atoms with Crippen LogP contribution in [-0.2, 0) is 6.18 Å². The molecule has 3 heterocycles. The van der Waals surface area contributed by atoms with E-state index in [1.165, 1.54) is 6.33 Å². The summed E-state index contributed by atoms with van der Waals surface area (Å²) in [7, 11) is 0. The van der Waals surface area contributed by atoms with Gasteiger partial charge in [0.1, 0.15) is 29.0 Å². The molecule has 0 bridgehead atoms. The summed E-state index contributed by atoms with van der Waals surface area (Å²) in [5.41, 5.74) is 6.15. The van der Waals surface area contributed by atoms with E-state index >= 15 is 0 Å². The van der Waals surface area contributed by atoms with Gasteiger partial charge in [-0.1, -0.05) is 0 Å². The van der Waals surface area contributed by atoms with Crippen molar-refractivity contribution in [2.45, 2.75) is 13.1 Å². The molecule has 3 N–H and O–H groups in total. The van der Waals surface area contributed by atoms with Crippen molar-refractivity contribution in [2.24, 2.45) is 0 Å². The van der Waals surface area contributed by atoms with Crippen LogP contribution in [0.15, 0.2) is 12.4 Å². The highest BCUT2D eigenvalue weighted by molar-refractivity contribution is 6.09. The minimum absolute atomic E-state index is 0.0995. The van der Waals surface area contributed by atoms with Crippen LogP contribution in [0.1, 0.15) is 11.3 Å². The summed E-state index contributed by atoms with van der Waals surface area (Å²) >= 11 is 0. The quantitative estimate of drug-likeness (QED) is 0.655. The van der Waals surface area contributed by atoms with E-state index in [1.807, 2.05) is 0 Å². The Morgan fingerprint density at radius 2 is 2.00 bits per heavy atom. The van der Waals surface area contributed by atoms with Crippen LogP contribution in [-0.4, -0.2) is 19.9 Å². The summed E-state index contributed by atoms with van der Waals surface area (Å²) in [6, 6.07) is 0.987. The fourth-order valence-corrected chi connectivity index (χ4v) is 2.00. The van der Waals surface area contributed by atoms with Crippen LogP contribution in [0.4, 0.5) is 19.0 Å². The van der Waals surface area contributed by atoms with Crippen molar-refractivity contribution in [1.29, 1.82) is 0 Å².